The Hall–Kier alpha value is -1.57. The minimum atomic E-state index is 0.452. The number of carbonyl (C=O) groups is 1. The highest BCUT2D eigenvalue weighted by Gasteiger charge is 2.27. The van der Waals surface area contributed by atoms with Crippen molar-refractivity contribution in [3.05, 3.63) is 35.0 Å². The molecule has 1 aliphatic heterocycles. The minimum absolute atomic E-state index is 0.452. The van der Waals surface area contributed by atoms with E-state index in [0.717, 1.165) is 32.2 Å². The van der Waals surface area contributed by atoms with E-state index < -0.39 is 0 Å². The van der Waals surface area contributed by atoms with Crippen LogP contribution < -0.4 is 0 Å². The molecule has 0 atom stereocenters. The summed E-state index contributed by atoms with van der Waals surface area (Å²) in [6.07, 6.45) is 6.10. The zero-order valence-electron chi connectivity index (χ0n) is 12.1. The Balaban J connectivity index is 1.90. The number of Topliss-reactive ketones (excluding diaryl/α,β-unsaturated/α-hetero) is 1. The lowest BCUT2D eigenvalue weighted by molar-refractivity contribution is -0.120. The van der Waals surface area contributed by atoms with Gasteiger partial charge >= 0.3 is 0 Å². The van der Waals surface area contributed by atoms with Gasteiger partial charge in [-0.05, 0) is 49.7 Å². The van der Waals surface area contributed by atoms with Gasteiger partial charge in [0.05, 0.1) is 5.52 Å². The van der Waals surface area contributed by atoms with Gasteiger partial charge in [-0.25, -0.2) is 0 Å². The fourth-order valence-electron chi connectivity index (χ4n) is 4.29. The lowest BCUT2D eigenvalue weighted by Crippen LogP contribution is -2.13. The first-order valence-electron chi connectivity index (χ1n) is 7.88. The van der Waals surface area contributed by atoms with Crippen LogP contribution in [0.25, 0.3) is 10.9 Å². The molecule has 0 radical (unpaired) electrons. The largest absolute Gasteiger partial charge is 0.344 e. The number of hydrogen-bond acceptors (Lipinski definition) is 1. The SMILES string of the molecule is Cc1c(C2CCC(=O)CC2)c2cccc3c2n1CCC3. The molecule has 0 amide bonds. The van der Waals surface area contributed by atoms with E-state index in [1.807, 2.05) is 0 Å². The fourth-order valence-corrected chi connectivity index (χ4v) is 4.29. The summed E-state index contributed by atoms with van der Waals surface area (Å²) in [5.41, 5.74) is 5.97. The zero-order valence-corrected chi connectivity index (χ0v) is 12.1. The third-order valence-corrected chi connectivity index (χ3v) is 5.25. The topological polar surface area (TPSA) is 22.0 Å². The number of para-hydroxylation sites is 1. The number of aromatic nitrogens is 1. The Morgan fingerprint density at radius 3 is 2.75 bits per heavy atom. The second-order valence-electron chi connectivity index (χ2n) is 6.38. The Morgan fingerprint density at radius 2 is 1.95 bits per heavy atom. The van der Waals surface area contributed by atoms with Crippen LogP contribution in [0.5, 0.6) is 0 Å². The number of ketones is 1. The van der Waals surface area contributed by atoms with Crippen molar-refractivity contribution in [1.82, 2.24) is 4.57 Å². The number of nitrogens with zero attached hydrogens (tertiary/aromatic N) is 1. The lowest BCUT2D eigenvalue weighted by Gasteiger charge is -2.22. The van der Waals surface area contributed by atoms with Crippen LogP contribution in [0, 0.1) is 6.92 Å². The van der Waals surface area contributed by atoms with Gasteiger partial charge in [0, 0.05) is 30.5 Å². The van der Waals surface area contributed by atoms with E-state index >= 15 is 0 Å². The summed E-state index contributed by atoms with van der Waals surface area (Å²) >= 11 is 0. The highest BCUT2D eigenvalue weighted by molar-refractivity contribution is 5.89. The molecule has 1 aromatic carbocycles. The van der Waals surface area contributed by atoms with Crippen molar-refractivity contribution in [3.8, 4) is 0 Å². The minimum Gasteiger partial charge on any atom is -0.344 e. The molecule has 2 heterocycles. The molecule has 0 spiro atoms. The van der Waals surface area contributed by atoms with E-state index in [1.54, 1.807) is 0 Å². The molecule has 104 valence electrons. The molecule has 0 saturated heterocycles. The molecule has 1 aliphatic carbocycles. The van der Waals surface area contributed by atoms with E-state index in [-0.39, 0.29) is 0 Å². The molecule has 2 aliphatic rings. The van der Waals surface area contributed by atoms with Gasteiger partial charge in [0.15, 0.2) is 0 Å². The second-order valence-corrected chi connectivity index (χ2v) is 6.38. The van der Waals surface area contributed by atoms with Gasteiger partial charge in [0.25, 0.3) is 0 Å². The van der Waals surface area contributed by atoms with Gasteiger partial charge in [-0.1, -0.05) is 18.2 Å². The molecule has 2 nitrogen and oxygen atoms in total. The van der Waals surface area contributed by atoms with Crippen molar-refractivity contribution in [2.24, 2.45) is 0 Å². The number of hydrogen-bond donors (Lipinski definition) is 0. The smallest absolute Gasteiger partial charge is 0.132 e. The molecule has 20 heavy (non-hydrogen) atoms. The predicted molar refractivity (Wildman–Crippen MR) is 81.2 cm³/mol. The van der Waals surface area contributed by atoms with Crippen LogP contribution in [0.1, 0.15) is 54.8 Å². The lowest BCUT2D eigenvalue weighted by atomic mass is 9.82. The van der Waals surface area contributed by atoms with Gasteiger partial charge in [-0.15, -0.1) is 0 Å². The summed E-state index contributed by atoms with van der Waals surface area (Å²) in [6.45, 7) is 3.44. The number of benzene rings is 1. The first-order valence-corrected chi connectivity index (χ1v) is 7.88. The summed E-state index contributed by atoms with van der Waals surface area (Å²) < 4.78 is 2.53. The molecule has 1 fully saturated rings. The Labute approximate surface area is 119 Å². The monoisotopic (exact) mass is 267 g/mol. The fraction of sp³-hybridized carbons (Fsp3) is 0.500. The maximum Gasteiger partial charge on any atom is 0.132 e. The summed E-state index contributed by atoms with van der Waals surface area (Å²) in [6, 6.07) is 6.79. The molecule has 2 aromatic rings. The van der Waals surface area contributed by atoms with E-state index in [0.29, 0.717) is 11.7 Å². The Bertz CT molecular complexity index is 685. The third-order valence-electron chi connectivity index (χ3n) is 5.25. The van der Waals surface area contributed by atoms with Crippen molar-refractivity contribution in [1.29, 1.82) is 0 Å². The van der Waals surface area contributed by atoms with E-state index in [9.17, 15) is 4.79 Å². The highest BCUT2D eigenvalue weighted by atomic mass is 16.1. The Morgan fingerprint density at radius 1 is 1.15 bits per heavy atom. The van der Waals surface area contributed by atoms with Crippen molar-refractivity contribution < 1.29 is 4.79 Å². The van der Waals surface area contributed by atoms with Crippen LogP contribution in [0.4, 0.5) is 0 Å². The maximum absolute atomic E-state index is 11.5. The van der Waals surface area contributed by atoms with Gasteiger partial charge in [-0.2, -0.15) is 0 Å². The standard InChI is InChI=1S/C18H21NO/c1-12-17(13-7-9-15(20)10-8-13)16-6-2-4-14-5-3-11-19(12)18(14)16/h2,4,6,13H,3,5,7-11H2,1H3. The first-order chi connectivity index (χ1) is 9.75. The number of aryl methyl sites for hydroxylation is 2. The van der Waals surface area contributed by atoms with E-state index in [4.69, 9.17) is 0 Å². The molecule has 0 unspecified atom stereocenters. The number of carbonyl (C=O) groups excluding carboxylic acids is 1. The summed E-state index contributed by atoms with van der Waals surface area (Å²) in [5.74, 6) is 1.04. The maximum atomic E-state index is 11.5. The summed E-state index contributed by atoms with van der Waals surface area (Å²) in [5, 5.41) is 1.46. The van der Waals surface area contributed by atoms with Gasteiger partial charge < -0.3 is 4.57 Å². The molecular formula is C18H21NO. The summed E-state index contributed by atoms with van der Waals surface area (Å²) in [7, 11) is 0. The predicted octanol–water partition coefficient (Wildman–Crippen LogP) is 4.12. The summed E-state index contributed by atoms with van der Waals surface area (Å²) in [4.78, 5) is 11.5. The normalized spacial score (nSPS) is 19.8. The van der Waals surface area contributed by atoms with E-state index in [1.165, 1.54) is 40.6 Å². The average molecular weight is 267 g/mol. The van der Waals surface area contributed by atoms with Gasteiger partial charge in [0.2, 0.25) is 0 Å². The zero-order chi connectivity index (χ0) is 13.7. The number of rotatable bonds is 1. The Kier molecular flexibility index (Phi) is 2.73. The van der Waals surface area contributed by atoms with Gasteiger partial charge in [0.1, 0.15) is 5.78 Å². The van der Waals surface area contributed by atoms with Crippen LogP contribution in [-0.4, -0.2) is 10.4 Å². The molecule has 0 N–H and O–H groups in total. The molecular weight excluding hydrogens is 246 g/mol. The van der Waals surface area contributed by atoms with Gasteiger partial charge in [-0.3, -0.25) is 4.79 Å². The molecule has 2 heteroatoms. The molecule has 4 rings (SSSR count). The van der Waals surface area contributed by atoms with E-state index in [2.05, 4.69) is 29.7 Å². The van der Waals surface area contributed by atoms with Crippen molar-refractivity contribution in [2.75, 3.05) is 0 Å². The van der Waals surface area contributed by atoms with Crippen LogP contribution in [0.3, 0.4) is 0 Å². The van der Waals surface area contributed by atoms with Crippen LogP contribution in [-0.2, 0) is 17.8 Å². The van der Waals surface area contributed by atoms with Crippen molar-refractivity contribution >= 4 is 16.7 Å². The molecule has 1 saturated carbocycles. The van der Waals surface area contributed by atoms with Crippen LogP contribution in [0.2, 0.25) is 0 Å². The van der Waals surface area contributed by atoms with Crippen LogP contribution >= 0.6 is 0 Å². The van der Waals surface area contributed by atoms with Crippen LogP contribution in [0.15, 0.2) is 18.2 Å². The van der Waals surface area contributed by atoms with Crippen molar-refractivity contribution in [3.63, 3.8) is 0 Å². The first kappa shape index (κ1) is 12.2. The quantitative estimate of drug-likeness (QED) is 0.761. The highest BCUT2D eigenvalue weighted by Crippen LogP contribution is 2.41. The second kappa shape index (κ2) is 4.47. The molecule has 0 bridgehead atoms. The van der Waals surface area contributed by atoms with Crippen molar-refractivity contribution in [2.45, 2.75) is 57.9 Å². The average Bonchev–Trinajstić information content (AvgIpc) is 2.76. The molecule has 1 aromatic heterocycles. The third kappa shape index (κ3) is 1.67.